The topological polar surface area (TPSA) is 94.5 Å². The van der Waals surface area contributed by atoms with E-state index in [1.165, 1.54) is 30.0 Å². The number of ketones is 1. The molecule has 2 rings (SSSR count). The van der Waals surface area contributed by atoms with Crippen molar-refractivity contribution >= 4 is 11.7 Å². The van der Waals surface area contributed by atoms with Gasteiger partial charge in [0.1, 0.15) is 5.82 Å². The van der Waals surface area contributed by atoms with E-state index < -0.39 is 29.3 Å². The van der Waals surface area contributed by atoms with Crippen molar-refractivity contribution in [3.8, 4) is 0 Å². The van der Waals surface area contributed by atoms with Crippen molar-refractivity contribution in [2.24, 2.45) is 0 Å². The molecule has 1 aliphatic heterocycles. The first kappa shape index (κ1) is 17.1. The third kappa shape index (κ3) is 3.40. The van der Waals surface area contributed by atoms with E-state index >= 15 is 0 Å². The number of carbonyl (C=O) groups is 2. The molecule has 0 bridgehead atoms. The fourth-order valence-electron chi connectivity index (χ4n) is 2.73. The molecule has 1 heterocycles. The summed E-state index contributed by atoms with van der Waals surface area (Å²) < 4.78 is 14.2. The van der Waals surface area contributed by atoms with Crippen LogP contribution in [0.15, 0.2) is 35.6 Å². The second kappa shape index (κ2) is 7.34. The number of nitrogens with zero attached hydrogens (tertiary/aromatic N) is 1. The number of carbonyl (C=O) groups excluding carboxylic acids is 2. The van der Waals surface area contributed by atoms with Crippen molar-refractivity contribution in [3.63, 3.8) is 0 Å². The van der Waals surface area contributed by atoms with E-state index in [-0.39, 0.29) is 24.3 Å². The maximum absolute atomic E-state index is 14.2. The molecule has 0 aromatic heterocycles. The van der Waals surface area contributed by atoms with Crippen LogP contribution in [0.5, 0.6) is 0 Å². The fraction of sp³-hybridized carbons (Fsp3) is 0.375. The number of rotatable bonds is 7. The standard InChI is InChI=1S/C16H19FN2O4/c1-10(21)13-14(11-4-2-3-5-12(11)17)19(16(23)15(13)22)8-6-18-7-9-20/h2-5,14,18,20,22H,6-9H2,1H3/p+1/t14-/m1/s1. The summed E-state index contributed by atoms with van der Waals surface area (Å²) in [6.07, 6.45) is 0. The zero-order chi connectivity index (χ0) is 17.0. The number of aliphatic hydroxyl groups is 2. The Hall–Kier alpha value is -2.25. The van der Waals surface area contributed by atoms with Gasteiger partial charge in [-0.2, -0.15) is 0 Å². The molecule has 1 aromatic carbocycles. The molecular formula is C16H20FN2O4+. The molecule has 0 unspecified atom stereocenters. The molecule has 0 spiro atoms. The molecule has 0 saturated heterocycles. The highest BCUT2D eigenvalue weighted by Gasteiger charge is 2.43. The van der Waals surface area contributed by atoms with E-state index in [4.69, 9.17) is 5.11 Å². The van der Waals surface area contributed by atoms with E-state index in [9.17, 15) is 19.1 Å². The summed E-state index contributed by atoms with van der Waals surface area (Å²) in [6.45, 7) is 2.42. The Morgan fingerprint density at radius 2 is 2.04 bits per heavy atom. The van der Waals surface area contributed by atoms with Crippen molar-refractivity contribution in [1.29, 1.82) is 0 Å². The van der Waals surface area contributed by atoms with E-state index in [2.05, 4.69) is 0 Å². The molecule has 0 radical (unpaired) electrons. The highest BCUT2D eigenvalue weighted by molar-refractivity contribution is 6.08. The molecule has 7 heteroatoms. The lowest BCUT2D eigenvalue weighted by Crippen LogP contribution is -2.86. The van der Waals surface area contributed by atoms with Gasteiger partial charge in [-0.05, 0) is 13.0 Å². The molecule has 1 atom stereocenters. The number of quaternary nitrogens is 1. The predicted molar refractivity (Wildman–Crippen MR) is 79.9 cm³/mol. The minimum Gasteiger partial charge on any atom is -0.503 e. The van der Waals surface area contributed by atoms with Gasteiger partial charge in [0.05, 0.1) is 37.9 Å². The van der Waals surface area contributed by atoms with Crippen molar-refractivity contribution in [2.75, 3.05) is 26.2 Å². The van der Waals surface area contributed by atoms with Crippen molar-refractivity contribution < 1.29 is 29.5 Å². The molecular weight excluding hydrogens is 303 g/mol. The summed E-state index contributed by atoms with van der Waals surface area (Å²) in [5.41, 5.74) is 0.0968. The third-order valence-electron chi connectivity index (χ3n) is 3.79. The van der Waals surface area contributed by atoms with Crippen LogP contribution in [-0.2, 0) is 9.59 Å². The van der Waals surface area contributed by atoms with Gasteiger partial charge in [-0.1, -0.05) is 18.2 Å². The molecule has 1 amide bonds. The Bertz CT molecular complexity index is 645. The van der Waals surface area contributed by atoms with Crippen LogP contribution in [0.25, 0.3) is 0 Å². The van der Waals surface area contributed by atoms with Gasteiger partial charge in [0.15, 0.2) is 11.5 Å². The Balaban J connectivity index is 2.35. The van der Waals surface area contributed by atoms with Crippen molar-refractivity contribution in [1.82, 2.24) is 4.90 Å². The zero-order valence-electron chi connectivity index (χ0n) is 12.8. The number of halogens is 1. The lowest BCUT2D eigenvalue weighted by Gasteiger charge is -2.26. The van der Waals surface area contributed by atoms with Crippen LogP contribution in [0.1, 0.15) is 18.5 Å². The monoisotopic (exact) mass is 323 g/mol. The summed E-state index contributed by atoms with van der Waals surface area (Å²) in [5.74, 6) is -2.30. The van der Waals surface area contributed by atoms with E-state index in [1.54, 1.807) is 11.4 Å². The number of hydrogen-bond acceptors (Lipinski definition) is 4. The Labute approximate surface area is 133 Å². The van der Waals surface area contributed by atoms with Gasteiger partial charge in [0.2, 0.25) is 0 Å². The molecule has 0 fully saturated rings. The quantitative estimate of drug-likeness (QED) is 0.599. The maximum atomic E-state index is 14.2. The minimum atomic E-state index is -0.927. The average Bonchev–Trinajstić information content (AvgIpc) is 2.76. The Kier molecular flexibility index (Phi) is 5.46. The fourth-order valence-corrected chi connectivity index (χ4v) is 2.73. The van der Waals surface area contributed by atoms with Gasteiger partial charge in [-0.25, -0.2) is 4.39 Å². The zero-order valence-corrected chi connectivity index (χ0v) is 12.8. The number of amides is 1. The summed E-state index contributed by atoms with van der Waals surface area (Å²) in [7, 11) is 0. The molecule has 1 aromatic rings. The van der Waals surface area contributed by atoms with Gasteiger partial charge in [-0.15, -0.1) is 0 Å². The third-order valence-corrected chi connectivity index (χ3v) is 3.79. The molecule has 0 saturated carbocycles. The lowest BCUT2D eigenvalue weighted by atomic mass is 9.96. The molecule has 0 aliphatic carbocycles. The van der Waals surface area contributed by atoms with Crippen molar-refractivity contribution in [2.45, 2.75) is 13.0 Å². The first-order valence-corrected chi connectivity index (χ1v) is 7.41. The lowest BCUT2D eigenvalue weighted by molar-refractivity contribution is -0.655. The van der Waals surface area contributed by atoms with Crippen LogP contribution in [0, 0.1) is 5.82 Å². The number of nitrogens with two attached hydrogens (primary N) is 1. The first-order valence-electron chi connectivity index (χ1n) is 7.41. The number of aliphatic hydroxyl groups excluding tert-OH is 2. The van der Waals surface area contributed by atoms with Crippen LogP contribution in [-0.4, -0.2) is 53.0 Å². The van der Waals surface area contributed by atoms with Crippen LogP contribution < -0.4 is 5.32 Å². The highest BCUT2D eigenvalue weighted by Crippen LogP contribution is 2.38. The van der Waals surface area contributed by atoms with Gasteiger partial charge in [0, 0.05) is 5.56 Å². The van der Waals surface area contributed by atoms with Gasteiger partial charge in [-0.3, -0.25) is 9.59 Å². The van der Waals surface area contributed by atoms with E-state index in [1.807, 2.05) is 0 Å². The summed E-state index contributed by atoms with van der Waals surface area (Å²) in [4.78, 5) is 25.4. The molecule has 124 valence electrons. The molecule has 4 N–H and O–H groups in total. The second-order valence-electron chi connectivity index (χ2n) is 5.33. The predicted octanol–water partition coefficient (Wildman–Crippen LogP) is -0.334. The van der Waals surface area contributed by atoms with E-state index in [0.29, 0.717) is 13.1 Å². The maximum Gasteiger partial charge on any atom is 0.290 e. The minimum absolute atomic E-state index is 0.00683. The van der Waals surface area contributed by atoms with Crippen LogP contribution in [0.3, 0.4) is 0 Å². The normalized spacial score (nSPS) is 18.0. The van der Waals surface area contributed by atoms with Crippen LogP contribution >= 0.6 is 0 Å². The van der Waals surface area contributed by atoms with Crippen LogP contribution in [0.4, 0.5) is 4.39 Å². The molecule has 6 nitrogen and oxygen atoms in total. The second-order valence-corrected chi connectivity index (χ2v) is 5.33. The van der Waals surface area contributed by atoms with Crippen LogP contribution in [0.2, 0.25) is 0 Å². The van der Waals surface area contributed by atoms with Crippen molar-refractivity contribution in [3.05, 3.63) is 47.0 Å². The molecule has 1 aliphatic rings. The largest absolute Gasteiger partial charge is 0.503 e. The van der Waals surface area contributed by atoms with Gasteiger partial charge < -0.3 is 20.4 Å². The number of benzene rings is 1. The van der Waals surface area contributed by atoms with E-state index in [0.717, 1.165) is 0 Å². The first-order chi connectivity index (χ1) is 11.0. The Morgan fingerprint density at radius 1 is 1.35 bits per heavy atom. The smallest absolute Gasteiger partial charge is 0.290 e. The van der Waals surface area contributed by atoms with Gasteiger partial charge >= 0.3 is 0 Å². The average molecular weight is 323 g/mol. The summed E-state index contributed by atoms with van der Waals surface area (Å²) >= 11 is 0. The summed E-state index contributed by atoms with van der Waals surface area (Å²) in [6, 6.07) is 4.96. The summed E-state index contributed by atoms with van der Waals surface area (Å²) in [5, 5.41) is 20.6. The van der Waals surface area contributed by atoms with Gasteiger partial charge in [0.25, 0.3) is 5.91 Å². The number of Topliss-reactive ketones (excluding diaryl/α,β-unsaturated/α-hetero) is 1. The highest BCUT2D eigenvalue weighted by atomic mass is 19.1. The number of hydrogen-bond donors (Lipinski definition) is 3. The SMILES string of the molecule is CC(=O)C1=C(O)C(=O)N(CC[NH2+]CCO)[C@@H]1c1ccccc1F. The Morgan fingerprint density at radius 3 is 2.65 bits per heavy atom. The molecule has 23 heavy (non-hydrogen) atoms.